The summed E-state index contributed by atoms with van der Waals surface area (Å²) in [6.45, 7) is 3.54. The molecule has 0 bridgehead atoms. The van der Waals surface area contributed by atoms with Gasteiger partial charge in [-0.25, -0.2) is 9.37 Å². The number of rotatable bonds is 8. The molecule has 1 N–H and O–H groups in total. The maximum Gasteiger partial charge on any atom is 0.291 e. The Morgan fingerprint density at radius 2 is 1.77 bits per heavy atom. The molecule has 2 aliphatic heterocycles. The van der Waals surface area contributed by atoms with Crippen molar-refractivity contribution < 1.29 is 27.9 Å². The van der Waals surface area contributed by atoms with Crippen LogP contribution in [0.5, 0.6) is 5.75 Å². The molecule has 0 saturated carbocycles. The summed E-state index contributed by atoms with van der Waals surface area (Å²) >= 11 is 6.43. The zero-order valence-corrected chi connectivity index (χ0v) is 24.0. The van der Waals surface area contributed by atoms with Gasteiger partial charge in [0.15, 0.2) is 24.0 Å². The first kappa shape index (κ1) is 29.9. The predicted octanol–water partition coefficient (Wildman–Crippen LogP) is 3.16. The van der Waals surface area contributed by atoms with Crippen molar-refractivity contribution in [2.24, 2.45) is 7.05 Å². The van der Waals surface area contributed by atoms with E-state index in [1.54, 1.807) is 15.9 Å². The van der Waals surface area contributed by atoms with Crippen LogP contribution in [0.4, 0.5) is 14.5 Å². The molecular formula is C29H28ClF2N7O4. The van der Waals surface area contributed by atoms with Crippen molar-refractivity contribution in [3.63, 3.8) is 0 Å². The first-order valence-electron chi connectivity index (χ1n) is 13.6. The summed E-state index contributed by atoms with van der Waals surface area (Å²) in [6.07, 6.45) is 2.35. The van der Waals surface area contributed by atoms with Crippen molar-refractivity contribution in [2.75, 3.05) is 57.7 Å². The first-order valence-corrected chi connectivity index (χ1v) is 14.0. The predicted molar refractivity (Wildman–Crippen MR) is 153 cm³/mol. The molecular weight excluding hydrogens is 584 g/mol. The van der Waals surface area contributed by atoms with Crippen LogP contribution in [0.15, 0.2) is 36.5 Å². The van der Waals surface area contributed by atoms with E-state index >= 15 is 0 Å². The number of piperazine rings is 1. The largest absolute Gasteiger partial charge is 0.476 e. The minimum atomic E-state index is -1.26. The number of benzene rings is 2. The number of nitrogens with zero attached hydrogens (tertiary/aromatic N) is 6. The second-order valence-electron chi connectivity index (χ2n) is 10.2. The fourth-order valence-electron chi connectivity index (χ4n) is 4.94. The van der Waals surface area contributed by atoms with Crippen LogP contribution in [0, 0.1) is 23.0 Å². The zero-order valence-electron chi connectivity index (χ0n) is 23.3. The van der Waals surface area contributed by atoms with Crippen LogP contribution >= 0.6 is 11.6 Å². The highest BCUT2D eigenvalue weighted by atomic mass is 35.5. The number of anilines is 1. The van der Waals surface area contributed by atoms with Gasteiger partial charge >= 0.3 is 0 Å². The highest BCUT2D eigenvalue weighted by Crippen LogP contribution is 2.30. The number of hydrogen-bond donors (Lipinski definition) is 1. The first-order chi connectivity index (χ1) is 20.7. The Kier molecular flexibility index (Phi) is 8.89. The molecule has 0 atom stereocenters. The third kappa shape index (κ3) is 6.30. The Bertz CT molecular complexity index is 1610. The SMILES string of the molecule is Cn1c(-c2ccc(OCC#N)c(F)c2F)cnc1C(=O)Nc1ccc(C(=O)N2CCN(C(=O)CN3CCC3)CC2)c(Cl)c1. The molecule has 2 fully saturated rings. The van der Waals surface area contributed by atoms with Crippen LogP contribution in [-0.4, -0.2) is 94.4 Å². The summed E-state index contributed by atoms with van der Waals surface area (Å²) in [5.74, 6) is -3.81. The number of carbonyl (C=O) groups is 3. The molecule has 2 saturated heterocycles. The lowest BCUT2D eigenvalue weighted by molar-refractivity contribution is -0.134. The summed E-state index contributed by atoms with van der Waals surface area (Å²) in [7, 11) is 1.47. The lowest BCUT2D eigenvalue weighted by Crippen LogP contribution is -2.53. The van der Waals surface area contributed by atoms with Crippen molar-refractivity contribution in [3.8, 4) is 23.1 Å². The number of likely N-dealkylation sites (tertiary alicyclic amines) is 1. The number of aromatic nitrogens is 2. The topological polar surface area (TPSA) is 124 Å². The summed E-state index contributed by atoms with van der Waals surface area (Å²) in [6, 6.07) is 8.63. The van der Waals surface area contributed by atoms with Gasteiger partial charge in [0.2, 0.25) is 11.7 Å². The Labute approximate surface area is 251 Å². The number of amides is 3. The molecule has 2 aliphatic rings. The van der Waals surface area contributed by atoms with E-state index in [2.05, 4.69) is 15.2 Å². The maximum atomic E-state index is 14.8. The van der Waals surface area contributed by atoms with Gasteiger partial charge in [-0.05, 0) is 49.8 Å². The fraction of sp³-hybridized carbons (Fsp3) is 0.345. The van der Waals surface area contributed by atoms with E-state index in [9.17, 15) is 23.2 Å². The molecule has 11 nitrogen and oxygen atoms in total. The van der Waals surface area contributed by atoms with E-state index in [0.29, 0.717) is 38.4 Å². The van der Waals surface area contributed by atoms with Crippen LogP contribution in [0.2, 0.25) is 5.02 Å². The van der Waals surface area contributed by atoms with Gasteiger partial charge in [0, 0.05) is 44.5 Å². The quantitative estimate of drug-likeness (QED) is 0.415. The second-order valence-corrected chi connectivity index (χ2v) is 10.6. The zero-order chi connectivity index (χ0) is 30.7. The van der Waals surface area contributed by atoms with Gasteiger partial charge in [-0.15, -0.1) is 0 Å². The molecule has 3 amide bonds. The fourth-order valence-corrected chi connectivity index (χ4v) is 5.20. The lowest BCUT2D eigenvalue weighted by atomic mass is 10.1. The van der Waals surface area contributed by atoms with Crippen LogP contribution in [0.3, 0.4) is 0 Å². The molecule has 224 valence electrons. The molecule has 14 heteroatoms. The van der Waals surface area contributed by atoms with Crippen LogP contribution < -0.4 is 10.1 Å². The Balaban J connectivity index is 1.22. The van der Waals surface area contributed by atoms with Crippen LogP contribution in [-0.2, 0) is 11.8 Å². The number of halogens is 3. The molecule has 0 radical (unpaired) electrons. The summed E-state index contributed by atoms with van der Waals surface area (Å²) < 4.78 is 35.4. The third-order valence-electron chi connectivity index (χ3n) is 7.49. The van der Waals surface area contributed by atoms with Crippen LogP contribution in [0.1, 0.15) is 27.4 Å². The highest BCUT2D eigenvalue weighted by molar-refractivity contribution is 6.34. The lowest BCUT2D eigenvalue weighted by Gasteiger charge is -2.37. The number of carbonyl (C=O) groups excluding carboxylic acids is 3. The number of hydrogen-bond acceptors (Lipinski definition) is 7. The van der Waals surface area contributed by atoms with Gasteiger partial charge in [-0.3, -0.25) is 19.3 Å². The van der Waals surface area contributed by atoms with E-state index in [-0.39, 0.29) is 39.5 Å². The summed E-state index contributed by atoms with van der Waals surface area (Å²) in [4.78, 5) is 48.2. The van der Waals surface area contributed by atoms with Gasteiger partial charge in [-0.2, -0.15) is 9.65 Å². The maximum absolute atomic E-state index is 14.8. The van der Waals surface area contributed by atoms with Gasteiger partial charge in [0.05, 0.1) is 29.0 Å². The van der Waals surface area contributed by atoms with Gasteiger partial charge in [-0.1, -0.05) is 11.6 Å². The number of nitriles is 1. The van der Waals surface area contributed by atoms with Crippen molar-refractivity contribution >= 4 is 35.0 Å². The van der Waals surface area contributed by atoms with E-state index in [4.69, 9.17) is 21.6 Å². The standard InChI is InChI=1S/C29H28ClF2N7O4/c1-36-22(20-5-6-23(43-14-7-33)26(32)25(20)31)16-34-27(36)28(41)35-18-3-4-19(21(30)15-18)29(42)39-12-10-38(11-13-39)24(40)17-37-8-2-9-37/h3-6,15-16H,2,8-14,17H2,1H3,(H,35,41). The average Bonchev–Trinajstić information content (AvgIpc) is 3.36. The van der Waals surface area contributed by atoms with E-state index in [1.807, 2.05) is 0 Å². The smallest absolute Gasteiger partial charge is 0.291 e. The van der Waals surface area contributed by atoms with Crippen LogP contribution in [0.25, 0.3) is 11.3 Å². The molecule has 43 heavy (non-hydrogen) atoms. The number of nitrogens with one attached hydrogen (secondary N) is 1. The van der Waals surface area contributed by atoms with E-state index in [0.717, 1.165) is 19.5 Å². The van der Waals surface area contributed by atoms with Crippen molar-refractivity contribution in [1.29, 1.82) is 5.26 Å². The Hall–Kier alpha value is -4.54. The number of ether oxygens (including phenoxy) is 1. The molecule has 3 aromatic rings. The molecule has 0 unspecified atom stereocenters. The average molecular weight is 612 g/mol. The second kappa shape index (κ2) is 12.8. The summed E-state index contributed by atoms with van der Waals surface area (Å²) in [5.41, 5.74) is 0.547. The Morgan fingerprint density at radius 3 is 2.42 bits per heavy atom. The van der Waals surface area contributed by atoms with Crippen molar-refractivity contribution in [1.82, 2.24) is 24.3 Å². The molecule has 0 spiro atoms. The van der Waals surface area contributed by atoms with Crippen molar-refractivity contribution in [3.05, 3.63) is 64.6 Å². The molecule has 3 heterocycles. The molecule has 0 aliphatic carbocycles. The summed E-state index contributed by atoms with van der Waals surface area (Å²) in [5, 5.41) is 11.4. The van der Waals surface area contributed by atoms with Crippen molar-refractivity contribution in [2.45, 2.75) is 6.42 Å². The molecule has 2 aromatic carbocycles. The van der Waals surface area contributed by atoms with Gasteiger partial charge < -0.3 is 24.4 Å². The minimum absolute atomic E-state index is 0.0709. The minimum Gasteiger partial charge on any atom is -0.476 e. The Morgan fingerprint density at radius 1 is 1.05 bits per heavy atom. The normalized spacial score (nSPS) is 15.0. The molecule has 1 aromatic heterocycles. The van der Waals surface area contributed by atoms with E-state index < -0.39 is 29.9 Å². The molecule has 5 rings (SSSR count). The highest BCUT2D eigenvalue weighted by Gasteiger charge is 2.28. The third-order valence-corrected chi connectivity index (χ3v) is 7.80. The number of imidazole rings is 1. The van der Waals surface area contributed by atoms with Gasteiger partial charge in [0.1, 0.15) is 6.07 Å². The van der Waals surface area contributed by atoms with E-state index in [1.165, 1.54) is 48.1 Å². The monoisotopic (exact) mass is 611 g/mol. The van der Waals surface area contributed by atoms with Gasteiger partial charge in [0.25, 0.3) is 11.8 Å².